The summed E-state index contributed by atoms with van der Waals surface area (Å²) in [5, 5.41) is 9.55. The van der Waals surface area contributed by atoms with Crippen molar-refractivity contribution < 1.29 is 4.79 Å². The van der Waals surface area contributed by atoms with Crippen LogP contribution < -0.4 is 10.6 Å². The highest BCUT2D eigenvalue weighted by molar-refractivity contribution is 7.04. The second kappa shape index (κ2) is 6.34. The molecule has 122 valence electrons. The summed E-state index contributed by atoms with van der Waals surface area (Å²) in [6.45, 7) is 1.60. The lowest BCUT2D eigenvalue weighted by Crippen LogP contribution is -2.40. The van der Waals surface area contributed by atoms with Crippen LogP contribution >= 0.6 is 11.5 Å². The topological polar surface area (TPSA) is 54.0 Å². The molecular formula is C19H19N3OS. The summed E-state index contributed by atoms with van der Waals surface area (Å²) < 4.78 is 4.30. The van der Waals surface area contributed by atoms with E-state index in [0.717, 1.165) is 42.5 Å². The van der Waals surface area contributed by atoms with Gasteiger partial charge in [-0.05, 0) is 54.7 Å². The smallest absolute Gasteiger partial charge is 0.232 e. The van der Waals surface area contributed by atoms with Crippen molar-refractivity contribution in [3.63, 3.8) is 0 Å². The average Bonchev–Trinajstić information content (AvgIpc) is 3.25. The van der Waals surface area contributed by atoms with Crippen LogP contribution in [0.1, 0.15) is 12.0 Å². The number of hydrogen-bond donors (Lipinski definition) is 2. The van der Waals surface area contributed by atoms with Gasteiger partial charge in [0.15, 0.2) is 0 Å². The molecule has 1 aromatic heterocycles. The Morgan fingerprint density at radius 2 is 2.12 bits per heavy atom. The van der Waals surface area contributed by atoms with Gasteiger partial charge in [-0.1, -0.05) is 30.3 Å². The standard InChI is InChI=1S/C19H19N3OS/c23-18(21-16-6-7-17-15(10-16)12-24-22-17)19(8-9-20-13-19)11-14-4-2-1-3-5-14/h1-7,10,12,20H,8-9,11,13H2,(H,21,23). The molecule has 0 aliphatic carbocycles. The fourth-order valence-electron chi connectivity index (χ4n) is 3.37. The zero-order valence-electron chi connectivity index (χ0n) is 13.3. The van der Waals surface area contributed by atoms with E-state index in [1.54, 1.807) is 0 Å². The fraction of sp³-hybridized carbons (Fsp3) is 0.263. The van der Waals surface area contributed by atoms with Gasteiger partial charge in [-0.3, -0.25) is 4.79 Å². The minimum Gasteiger partial charge on any atom is -0.326 e. The lowest BCUT2D eigenvalue weighted by Gasteiger charge is -2.27. The lowest BCUT2D eigenvalue weighted by molar-refractivity contribution is -0.124. The Labute approximate surface area is 145 Å². The SMILES string of the molecule is O=C(Nc1ccc2nscc2c1)C1(Cc2ccccc2)CCNC1. The number of nitrogens with one attached hydrogen (secondary N) is 2. The predicted octanol–water partition coefficient (Wildman–Crippen LogP) is 3.46. The number of nitrogens with zero attached hydrogens (tertiary/aromatic N) is 1. The highest BCUT2D eigenvalue weighted by atomic mass is 32.1. The quantitative estimate of drug-likeness (QED) is 0.766. The zero-order valence-corrected chi connectivity index (χ0v) is 14.1. The van der Waals surface area contributed by atoms with E-state index < -0.39 is 0 Å². The number of fused-ring (bicyclic) bond motifs is 1. The molecule has 4 rings (SSSR count). The van der Waals surface area contributed by atoms with Gasteiger partial charge in [0.05, 0.1) is 10.9 Å². The Bertz CT molecular complexity index is 853. The Morgan fingerprint density at radius 3 is 2.92 bits per heavy atom. The van der Waals surface area contributed by atoms with E-state index in [4.69, 9.17) is 0 Å². The Kier molecular flexibility index (Phi) is 4.04. The number of anilines is 1. The Balaban J connectivity index is 1.57. The van der Waals surface area contributed by atoms with Crippen LogP contribution in [0.5, 0.6) is 0 Å². The van der Waals surface area contributed by atoms with Gasteiger partial charge in [0, 0.05) is 23.0 Å². The summed E-state index contributed by atoms with van der Waals surface area (Å²) >= 11 is 1.43. The van der Waals surface area contributed by atoms with Crippen molar-refractivity contribution in [3.05, 3.63) is 59.5 Å². The molecule has 4 nitrogen and oxygen atoms in total. The second-order valence-electron chi connectivity index (χ2n) is 6.41. The van der Waals surface area contributed by atoms with Gasteiger partial charge < -0.3 is 10.6 Å². The largest absolute Gasteiger partial charge is 0.326 e. The molecule has 2 heterocycles. The summed E-state index contributed by atoms with van der Waals surface area (Å²) in [6, 6.07) is 16.1. The second-order valence-corrected chi connectivity index (χ2v) is 7.04. The van der Waals surface area contributed by atoms with Crippen molar-refractivity contribution in [2.45, 2.75) is 12.8 Å². The van der Waals surface area contributed by atoms with Gasteiger partial charge in [0.25, 0.3) is 0 Å². The number of carbonyl (C=O) groups excluding carboxylic acids is 1. The molecule has 1 atom stereocenters. The molecule has 2 N–H and O–H groups in total. The molecule has 5 heteroatoms. The lowest BCUT2D eigenvalue weighted by atomic mass is 9.79. The zero-order chi connectivity index (χ0) is 16.4. The summed E-state index contributed by atoms with van der Waals surface area (Å²) in [5.41, 5.74) is 2.63. The maximum absolute atomic E-state index is 13.1. The van der Waals surface area contributed by atoms with Gasteiger partial charge in [-0.2, -0.15) is 4.37 Å². The maximum atomic E-state index is 13.1. The van der Waals surface area contributed by atoms with Crippen molar-refractivity contribution in [2.24, 2.45) is 5.41 Å². The summed E-state index contributed by atoms with van der Waals surface area (Å²) in [4.78, 5) is 13.1. The number of rotatable bonds is 4. The van der Waals surface area contributed by atoms with Crippen LogP contribution in [0.3, 0.4) is 0 Å². The first-order valence-corrected chi connectivity index (χ1v) is 8.99. The number of carbonyl (C=O) groups is 1. The maximum Gasteiger partial charge on any atom is 0.232 e. The number of hydrogen-bond acceptors (Lipinski definition) is 4. The van der Waals surface area contributed by atoms with Crippen LogP contribution in [0.2, 0.25) is 0 Å². The molecule has 1 unspecified atom stereocenters. The molecule has 0 spiro atoms. The Hall–Kier alpha value is -2.24. The van der Waals surface area contributed by atoms with Crippen molar-refractivity contribution >= 4 is 34.0 Å². The summed E-state index contributed by atoms with van der Waals surface area (Å²) in [6.07, 6.45) is 1.62. The third kappa shape index (κ3) is 2.92. The van der Waals surface area contributed by atoms with E-state index in [-0.39, 0.29) is 11.3 Å². The molecule has 0 radical (unpaired) electrons. The number of aromatic nitrogens is 1. The van der Waals surface area contributed by atoms with Crippen molar-refractivity contribution in [1.29, 1.82) is 0 Å². The van der Waals surface area contributed by atoms with Gasteiger partial charge in [0.2, 0.25) is 5.91 Å². The minimum absolute atomic E-state index is 0.0962. The minimum atomic E-state index is -0.386. The van der Waals surface area contributed by atoms with Crippen molar-refractivity contribution in [3.8, 4) is 0 Å². The molecule has 3 aromatic rings. The molecule has 24 heavy (non-hydrogen) atoms. The van der Waals surface area contributed by atoms with Crippen LogP contribution in [-0.2, 0) is 11.2 Å². The first-order chi connectivity index (χ1) is 11.8. The molecule has 1 saturated heterocycles. The number of amides is 1. The highest BCUT2D eigenvalue weighted by Gasteiger charge is 2.41. The molecule has 2 aromatic carbocycles. The molecule has 1 aliphatic heterocycles. The van der Waals surface area contributed by atoms with Crippen molar-refractivity contribution in [1.82, 2.24) is 9.69 Å². The van der Waals surface area contributed by atoms with Crippen LogP contribution in [0, 0.1) is 5.41 Å². The molecule has 1 aliphatic rings. The first-order valence-electron chi connectivity index (χ1n) is 8.15. The van der Waals surface area contributed by atoms with Gasteiger partial charge in [0.1, 0.15) is 0 Å². The average molecular weight is 337 g/mol. The summed E-state index contributed by atoms with van der Waals surface area (Å²) in [5.74, 6) is 0.0962. The Morgan fingerprint density at radius 1 is 1.25 bits per heavy atom. The van der Waals surface area contributed by atoms with E-state index in [2.05, 4.69) is 27.1 Å². The van der Waals surface area contributed by atoms with Crippen LogP contribution in [-0.4, -0.2) is 23.4 Å². The van der Waals surface area contributed by atoms with Crippen LogP contribution in [0.15, 0.2) is 53.9 Å². The van der Waals surface area contributed by atoms with E-state index in [1.807, 2.05) is 41.8 Å². The molecule has 1 fully saturated rings. The number of benzene rings is 2. The molecular weight excluding hydrogens is 318 g/mol. The monoisotopic (exact) mass is 337 g/mol. The normalized spacial score (nSPS) is 20.3. The molecule has 1 amide bonds. The van der Waals surface area contributed by atoms with Gasteiger partial charge >= 0.3 is 0 Å². The third-order valence-electron chi connectivity index (χ3n) is 4.73. The summed E-state index contributed by atoms with van der Waals surface area (Å²) in [7, 11) is 0. The van der Waals surface area contributed by atoms with Gasteiger partial charge in [-0.25, -0.2) is 0 Å². The highest BCUT2D eigenvalue weighted by Crippen LogP contribution is 2.32. The van der Waals surface area contributed by atoms with E-state index in [0.29, 0.717) is 0 Å². The van der Waals surface area contributed by atoms with Crippen LogP contribution in [0.4, 0.5) is 5.69 Å². The molecule has 0 saturated carbocycles. The molecule has 0 bridgehead atoms. The fourth-order valence-corrected chi connectivity index (χ4v) is 4.00. The first kappa shape index (κ1) is 15.3. The predicted molar refractivity (Wildman–Crippen MR) is 98.3 cm³/mol. The van der Waals surface area contributed by atoms with E-state index >= 15 is 0 Å². The van der Waals surface area contributed by atoms with Crippen molar-refractivity contribution in [2.75, 3.05) is 18.4 Å². The van der Waals surface area contributed by atoms with Gasteiger partial charge in [-0.15, -0.1) is 0 Å². The van der Waals surface area contributed by atoms with Crippen LogP contribution in [0.25, 0.3) is 10.9 Å². The van der Waals surface area contributed by atoms with E-state index in [9.17, 15) is 4.79 Å². The third-order valence-corrected chi connectivity index (χ3v) is 5.39. The van der Waals surface area contributed by atoms with E-state index in [1.165, 1.54) is 17.1 Å².